The lowest BCUT2D eigenvalue weighted by Gasteiger charge is -2.06. The molecular weight excluding hydrogens is 204 g/mol. The quantitative estimate of drug-likeness (QED) is 0.709. The van der Waals surface area contributed by atoms with E-state index in [1.807, 2.05) is 12.2 Å². The van der Waals surface area contributed by atoms with Crippen LogP contribution in [0.1, 0.15) is 18.9 Å². The molecule has 0 amide bonds. The molecule has 1 aliphatic carbocycles. The van der Waals surface area contributed by atoms with E-state index in [1.54, 1.807) is 17.0 Å². The van der Waals surface area contributed by atoms with E-state index in [1.165, 1.54) is 0 Å². The van der Waals surface area contributed by atoms with Crippen molar-refractivity contribution in [3.8, 4) is 0 Å². The number of aromatic nitrogens is 2. The maximum atomic E-state index is 11.9. The topological polar surface area (TPSA) is 72.9 Å². The second kappa shape index (κ2) is 4.94. The van der Waals surface area contributed by atoms with Crippen LogP contribution in [0, 0.1) is 0 Å². The SMILES string of the molecule is NC/C=C/CNc1nccn(C2CC2)c1=O. The molecule has 0 unspecified atom stereocenters. The first-order chi connectivity index (χ1) is 7.83. The van der Waals surface area contributed by atoms with Crippen LogP contribution in [0.15, 0.2) is 29.3 Å². The van der Waals surface area contributed by atoms with Crippen LogP contribution in [-0.4, -0.2) is 22.6 Å². The van der Waals surface area contributed by atoms with Gasteiger partial charge < -0.3 is 15.6 Å². The monoisotopic (exact) mass is 220 g/mol. The predicted octanol–water partition coefficient (Wildman–Crippen LogP) is 0.505. The van der Waals surface area contributed by atoms with Crippen molar-refractivity contribution in [1.82, 2.24) is 9.55 Å². The highest BCUT2D eigenvalue weighted by atomic mass is 16.1. The Kier molecular flexibility index (Phi) is 3.36. The third kappa shape index (κ3) is 2.49. The van der Waals surface area contributed by atoms with Crippen LogP contribution in [-0.2, 0) is 0 Å². The van der Waals surface area contributed by atoms with Crippen LogP contribution < -0.4 is 16.6 Å². The summed E-state index contributed by atoms with van der Waals surface area (Å²) in [4.78, 5) is 15.9. The van der Waals surface area contributed by atoms with Crippen molar-refractivity contribution in [2.45, 2.75) is 18.9 Å². The van der Waals surface area contributed by atoms with Gasteiger partial charge in [0.15, 0.2) is 5.82 Å². The summed E-state index contributed by atoms with van der Waals surface area (Å²) in [7, 11) is 0. The molecule has 0 aliphatic heterocycles. The molecular formula is C11H16N4O. The number of nitrogens with one attached hydrogen (secondary N) is 1. The fourth-order valence-corrected chi connectivity index (χ4v) is 1.52. The average Bonchev–Trinajstić information content (AvgIpc) is 3.10. The zero-order chi connectivity index (χ0) is 11.4. The maximum Gasteiger partial charge on any atom is 0.293 e. The predicted molar refractivity (Wildman–Crippen MR) is 63.5 cm³/mol. The Hall–Kier alpha value is -1.62. The van der Waals surface area contributed by atoms with E-state index in [9.17, 15) is 4.79 Å². The summed E-state index contributed by atoms with van der Waals surface area (Å²) >= 11 is 0. The third-order valence-corrected chi connectivity index (χ3v) is 2.50. The maximum absolute atomic E-state index is 11.9. The Morgan fingerprint density at radius 3 is 3.06 bits per heavy atom. The molecule has 0 aromatic carbocycles. The van der Waals surface area contributed by atoms with E-state index in [0.717, 1.165) is 12.8 Å². The summed E-state index contributed by atoms with van der Waals surface area (Å²) in [5.74, 6) is 0.413. The second-order valence-electron chi connectivity index (χ2n) is 3.81. The van der Waals surface area contributed by atoms with E-state index in [-0.39, 0.29) is 5.56 Å². The summed E-state index contributed by atoms with van der Waals surface area (Å²) in [5, 5.41) is 2.98. The van der Waals surface area contributed by atoms with E-state index in [0.29, 0.717) is 24.9 Å². The van der Waals surface area contributed by atoms with Gasteiger partial charge in [0.25, 0.3) is 5.56 Å². The molecule has 0 spiro atoms. The molecule has 1 aromatic heterocycles. The van der Waals surface area contributed by atoms with Crippen LogP contribution in [0.5, 0.6) is 0 Å². The van der Waals surface area contributed by atoms with Gasteiger partial charge in [-0.15, -0.1) is 0 Å². The molecule has 0 atom stereocenters. The van der Waals surface area contributed by atoms with Gasteiger partial charge in [-0.3, -0.25) is 4.79 Å². The van der Waals surface area contributed by atoms with Crippen LogP contribution >= 0.6 is 0 Å². The number of nitrogens with two attached hydrogens (primary N) is 1. The molecule has 0 saturated heterocycles. The Morgan fingerprint density at radius 2 is 2.38 bits per heavy atom. The van der Waals surface area contributed by atoms with E-state index < -0.39 is 0 Å². The van der Waals surface area contributed by atoms with E-state index in [2.05, 4.69) is 10.3 Å². The van der Waals surface area contributed by atoms with Crippen LogP contribution in [0.25, 0.3) is 0 Å². The van der Waals surface area contributed by atoms with Gasteiger partial charge in [-0.2, -0.15) is 0 Å². The number of hydrogen-bond donors (Lipinski definition) is 2. The van der Waals surface area contributed by atoms with Crippen molar-refractivity contribution in [3.63, 3.8) is 0 Å². The summed E-state index contributed by atoms with van der Waals surface area (Å²) < 4.78 is 1.75. The van der Waals surface area contributed by atoms with Gasteiger partial charge in [0.1, 0.15) is 0 Å². The Bertz CT molecular complexity index is 434. The molecule has 5 nitrogen and oxygen atoms in total. The molecule has 86 valence electrons. The zero-order valence-corrected chi connectivity index (χ0v) is 9.10. The molecule has 5 heteroatoms. The highest BCUT2D eigenvalue weighted by Gasteiger charge is 2.24. The molecule has 3 N–H and O–H groups in total. The lowest BCUT2D eigenvalue weighted by atomic mass is 10.4. The van der Waals surface area contributed by atoms with Crippen molar-refractivity contribution in [2.75, 3.05) is 18.4 Å². The number of hydrogen-bond acceptors (Lipinski definition) is 4. The van der Waals surface area contributed by atoms with E-state index in [4.69, 9.17) is 5.73 Å². The molecule has 1 aromatic rings. The van der Waals surface area contributed by atoms with Crippen molar-refractivity contribution in [1.29, 1.82) is 0 Å². The van der Waals surface area contributed by atoms with Gasteiger partial charge in [-0.1, -0.05) is 12.2 Å². The standard InChI is InChI=1S/C11H16N4O/c12-5-1-2-6-13-10-11(16)15(8-7-14-10)9-3-4-9/h1-2,7-9H,3-6,12H2,(H,13,14)/b2-1+. The number of nitrogens with zero attached hydrogens (tertiary/aromatic N) is 2. The van der Waals surface area contributed by atoms with Crippen molar-refractivity contribution in [2.24, 2.45) is 5.73 Å². The van der Waals surface area contributed by atoms with Gasteiger partial charge in [0, 0.05) is 31.5 Å². The molecule has 1 aliphatic rings. The molecule has 1 heterocycles. The summed E-state index contributed by atoms with van der Waals surface area (Å²) in [6, 6.07) is 0.385. The fourth-order valence-electron chi connectivity index (χ4n) is 1.52. The summed E-state index contributed by atoms with van der Waals surface area (Å²) in [6.07, 6.45) is 9.33. The van der Waals surface area contributed by atoms with E-state index >= 15 is 0 Å². The molecule has 0 bridgehead atoms. The summed E-state index contributed by atoms with van der Waals surface area (Å²) in [6.45, 7) is 1.09. The van der Waals surface area contributed by atoms with Gasteiger partial charge in [0.05, 0.1) is 0 Å². The molecule has 1 saturated carbocycles. The first-order valence-electron chi connectivity index (χ1n) is 5.49. The van der Waals surface area contributed by atoms with Gasteiger partial charge >= 0.3 is 0 Å². The van der Waals surface area contributed by atoms with Crippen LogP contribution in [0.2, 0.25) is 0 Å². The van der Waals surface area contributed by atoms with Crippen LogP contribution in [0.3, 0.4) is 0 Å². The smallest absolute Gasteiger partial charge is 0.293 e. The summed E-state index contributed by atoms with van der Waals surface area (Å²) in [5.41, 5.74) is 5.28. The first-order valence-corrected chi connectivity index (χ1v) is 5.49. The lowest BCUT2D eigenvalue weighted by molar-refractivity contribution is 0.700. The van der Waals surface area contributed by atoms with Gasteiger partial charge in [-0.25, -0.2) is 4.98 Å². The minimum atomic E-state index is -0.0360. The second-order valence-corrected chi connectivity index (χ2v) is 3.81. The van der Waals surface area contributed by atoms with Gasteiger partial charge in [-0.05, 0) is 12.8 Å². The lowest BCUT2D eigenvalue weighted by Crippen LogP contribution is -2.23. The average molecular weight is 220 g/mol. The number of anilines is 1. The Balaban J connectivity index is 2.06. The normalized spacial score (nSPS) is 15.6. The zero-order valence-electron chi connectivity index (χ0n) is 9.10. The molecule has 16 heavy (non-hydrogen) atoms. The number of rotatable bonds is 5. The fraction of sp³-hybridized carbons (Fsp3) is 0.455. The Labute approximate surface area is 94.0 Å². The third-order valence-electron chi connectivity index (χ3n) is 2.50. The van der Waals surface area contributed by atoms with Crippen molar-refractivity contribution >= 4 is 5.82 Å². The molecule has 0 radical (unpaired) electrons. The minimum Gasteiger partial charge on any atom is -0.362 e. The highest BCUT2D eigenvalue weighted by Crippen LogP contribution is 2.33. The highest BCUT2D eigenvalue weighted by molar-refractivity contribution is 5.32. The minimum absolute atomic E-state index is 0.0360. The largest absolute Gasteiger partial charge is 0.362 e. The Morgan fingerprint density at radius 1 is 1.56 bits per heavy atom. The van der Waals surface area contributed by atoms with Gasteiger partial charge in [0.2, 0.25) is 0 Å². The molecule has 2 rings (SSSR count). The van der Waals surface area contributed by atoms with Crippen LogP contribution in [0.4, 0.5) is 5.82 Å². The van der Waals surface area contributed by atoms with Crippen molar-refractivity contribution < 1.29 is 0 Å². The first kappa shape index (κ1) is 10.9. The molecule has 1 fully saturated rings. The van der Waals surface area contributed by atoms with Crippen molar-refractivity contribution in [3.05, 3.63) is 34.9 Å².